The zero-order chi connectivity index (χ0) is 17.8. The highest BCUT2D eigenvalue weighted by Crippen LogP contribution is 2.22. The minimum atomic E-state index is -0.334. The molecule has 3 rings (SSSR count). The van der Waals surface area contributed by atoms with E-state index in [0.29, 0.717) is 21.4 Å². The summed E-state index contributed by atoms with van der Waals surface area (Å²) in [5.74, 6) is -0.393. The molecule has 3 aromatic rings. The lowest BCUT2D eigenvalue weighted by atomic mass is 10.2. The number of carbonyl (C=O) groups excluding carboxylic acids is 1. The monoisotopic (exact) mass is 376 g/mol. The number of hydrogen-bond acceptors (Lipinski definition) is 4. The van der Waals surface area contributed by atoms with Crippen molar-refractivity contribution in [1.29, 1.82) is 0 Å². The van der Waals surface area contributed by atoms with Crippen LogP contribution in [0.1, 0.15) is 5.56 Å². The number of benzene rings is 2. The van der Waals surface area contributed by atoms with Gasteiger partial charge >= 0.3 is 0 Å². The lowest BCUT2D eigenvalue weighted by molar-refractivity contribution is -0.113. The molecule has 0 saturated carbocycles. The topological polar surface area (TPSA) is 59.8 Å². The SMILES string of the molecule is Cc1cc(F)ccc1NC(=O)CSc1nncn1-c1cccc(Cl)c1. The summed E-state index contributed by atoms with van der Waals surface area (Å²) in [6.07, 6.45) is 1.57. The molecule has 0 aliphatic carbocycles. The predicted octanol–water partition coefficient (Wildman–Crippen LogP) is 4.10. The van der Waals surface area contributed by atoms with Crippen LogP contribution in [0.15, 0.2) is 53.9 Å². The maximum absolute atomic E-state index is 13.1. The fourth-order valence-corrected chi connectivity index (χ4v) is 3.12. The van der Waals surface area contributed by atoms with E-state index >= 15 is 0 Å². The molecule has 2 aromatic carbocycles. The number of nitrogens with one attached hydrogen (secondary N) is 1. The first kappa shape index (κ1) is 17.4. The molecule has 0 saturated heterocycles. The number of rotatable bonds is 5. The molecule has 25 heavy (non-hydrogen) atoms. The van der Waals surface area contributed by atoms with Crippen LogP contribution in [0.3, 0.4) is 0 Å². The van der Waals surface area contributed by atoms with Crippen LogP contribution in [0.2, 0.25) is 5.02 Å². The highest BCUT2D eigenvalue weighted by molar-refractivity contribution is 7.99. The molecule has 0 unspecified atom stereocenters. The van der Waals surface area contributed by atoms with E-state index in [0.717, 1.165) is 5.69 Å². The Morgan fingerprint density at radius 3 is 2.92 bits per heavy atom. The molecule has 1 heterocycles. The normalized spacial score (nSPS) is 10.7. The third-order valence-electron chi connectivity index (χ3n) is 3.40. The quantitative estimate of drug-likeness (QED) is 0.681. The second-order valence-corrected chi connectivity index (χ2v) is 6.64. The van der Waals surface area contributed by atoms with Crippen molar-refractivity contribution in [3.63, 3.8) is 0 Å². The molecule has 0 aliphatic rings. The molecule has 0 spiro atoms. The lowest BCUT2D eigenvalue weighted by Crippen LogP contribution is -2.15. The van der Waals surface area contributed by atoms with Crippen LogP contribution in [0, 0.1) is 12.7 Å². The van der Waals surface area contributed by atoms with Gasteiger partial charge in [-0.2, -0.15) is 0 Å². The molecule has 0 radical (unpaired) electrons. The van der Waals surface area contributed by atoms with E-state index in [1.54, 1.807) is 36.0 Å². The van der Waals surface area contributed by atoms with Crippen LogP contribution in [-0.4, -0.2) is 26.4 Å². The molecule has 1 N–H and O–H groups in total. The summed E-state index contributed by atoms with van der Waals surface area (Å²) in [5, 5.41) is 11.9. The van der Waals surface area contributed by atoms with Gasteiger partial charge in [0.2, 0.25) is 5.91 Å². The summed E-state index contributed by atoms with van der Waals surface area (Å²) in [5.41, 5.74) is 2.07. The summed E-state index contributed by atoms with van der Waals surface area (Å²) < 4.78 is 14.9. The average Bonchev–Trinajstić information content (AvgIpc) is 3.04. The van der Waals surface area contributed by atoms with Gasteiger partial charge in [-0.3, -0.25) is 9.36 Å². The third kappa shape index (κ3) is 4.37. The standard InChI is InChI=1S/C17H14ClFN4OS/c1-11-7-13(19)5-6-15(11)21-16(24)9-25-17-22-20-10-23(17)14-4-2-3-12(18)8-14/h2-8,10H,9H2,1H3,(H,21,24). The number of halogens is 2. The van der Waals surface area contributed by atoms with Crippen LogP contribution in [0.4, 0.5) is 10.1 Å². The molecular weight excluding hydrogens is 363 g/mol. The van der Waals surface area contributed by atoms with Crippen LogP contribution in [0.5, 0.6) is 0 Å². The van der Waals surface area contributed by atoms with E-state index in [1.807, 2.05) is 12.1 Å². The fourth-order valence-electron chi connectivity index (χ4n) is 2.21. The van der Waals surface area contributed by atoms with Gasteiger partial charge in [-0.05, 0) is 48.9 Å². The average molecular weight is 377 g/mol. The number of thioether (sulfide) groups is 1. The van der Waals surface area contributed by atoms with Gasteiger partial charge in [0, 0.05) is 10.7 Å². The van der Waals surface area contributed by atoms with Crippen LogP contribution in [-0.2, 0) is 4.79 Å². The Kier molecular flexibility index (Phi) is 5.35. The number of aryl methyl sites for hydroxylation is 1. The summed E-state index contributed by atoms with van der Waals surface area (Å²) >= 11 is 7.26. The number of amides is 1. The second-order valence-electron chi connectivity index (χ2n) is 5.26. The minimum Gasteiger partial charge on any atom is -0.325 e. The van der Waals surface area contributed by atoms with Gasteiger partial charge in [-0.15, -0.1) is 10.2 Å². The number of aromatic nitrogens is 3. The molecule has 0 fully saturated rings. The number of hydrogen-bond donors (Lipinski definition) is 1. The number of anilines is 1. The summed E-state index contributed by atoms with van der Waals surface area (Å²) in [6.45, 7) is 1.74. The van der Waals surface area contributed by atoms with E-state index < -0.39 is 0 Å². The Bertz CT molecular complexity index is 915. The minimum absolute atomic E-state index is 0.149. The Hall–Kier alpha value is -2.38. The van der Waals surface area contributed by atoms with Crippen molar-refractivity contribution >= 4 is 35.0 Å². The van der Waals surface area contributed by atoms with Gasteiger partial charge < -0.3 is 5.32 Å². The molecule has 128 valence electrons. The molecular formula is C17H14ClFN4OS. The van der Waals surface area contributed by atoms with Crippen LogP contribution < -0.4 is 5.32 Å². The summed E-state index contributed by atoms with van der Waals surface area (Å²) in [7, 11) is 0. The smallest absolute Gasteiger partial charge is 0.234 e. The molecule has 1 amide bonds. The maximum Gasteiger partial charge on any atom is 0.234 e. The van der Waals surface area contributed by atoms with E-state index in [-0.39, 0.29) is 17.5 Å². The van der Waals surface area contributed by atoms with Gasteiger partial charge in [0.05, 0.1) is 11.4 Å². The molecule has 0 aliphatic heterocycles. The zero-order valence-corrected chi connectivity index (χ0v) is 14.8. The van der Waals surface area contributed by atoms with E-state index in [2.05, 4.69) is 15.5 Å². The van der Waals surface area contributed by atoms with Gasteiger partial charge in [0.1, 0.15) is 12.1 Å². The Morgan fingerprint density at radius 1 is 1.32 bits per heavy atom. The molecule has 1 aromatic heterocycles. The van der Waals surface area contributed by atoms with Crippen LogP contribution >= 0.6 is 23.4 Å². The Balaban J connectivity index is 1.66. The predicted molar refractivity (Wildman–Crippen MR) is 96.9 cm³/mol. The van der Waals surface area contributed by atoms with Crippen molar-refractivity contribution in [2.24, 2.45) is 0 Å². The van der Waals surface area contributed by atoms with E-state index in [1.165, 1.54) is 23.9 Å². The van der Waals surface area contributed by atoms with Crippen molar-refractivity contribution in [1.82, 2.24) is 14.8 Å². The first-order chi connectivity index (χ1) is 12.0. The van der Waals surface area contributed by atoms with Crippen molar-refractivity contribution in [2.45, 2.75) is 12.1 Å². The van der Waals surface area contributed by atoms with Crippen molar-refractivity contribution in [3.05, 3.63) is 65.2 Å². The van der Waals surface area contributed by atoms with Gasteiger partial charge in [-0.1, -0.05) is 29.4 Å². The second kappa shape index (κ2) is 7.67. The van der Waals surface area contributed by atoms with Gasteiger partial charge in [0.15, 0.2) is 5.16 Å². The molecule has 5 nitrogen and oxygen atoms in total. The molecule has 8 heteroatoms. The van der Waals surface area contributed by atoms with Crippen molar-refractivity contribution in [3.8, 4) is 5.69 Å². The summed E-state index contributed by atoms with van der Waals surface area (Å²) in [6, 6.07) is 11.5. The zero-order valence-electron chi connectivity index (χ0n) is 13.2. The summed E-state index contributed by atoms with van der Waals surface area (Å²) in [4.78, 5) is 12.1. The van der Waals surface area contributed by atoms with Gasteiger partial charge in [-0.25, -0.2) is 4.39 Å². The van der Waals surface area contributed by atoms with E-state index in [4.69, 9.17) is 11.6 Å². The fraction of sp³-hybridized carbons (Fsp3) is 0.118. The highest BCUT2D eigenvalue weighted by Gasteiger charge is 2.11. The van der Waals surface area contributed by atoms with Gasteiger partial charge in [0.25, 0.3) is 0 Å². The van der Waals surface area contributed by atoms with Crippen LogP contribution in [0.25, 0.3) is 5.69 Å². The highest BCUT2D eigenvalue weighted by atomic mass is 35.5. The first-order valence-electron chi connectivity index (χ1n) is 7.38. The largest absolute Gasteiger partial charge is 0.325 e. The molecule has 0 atom stereocenters. The van der Waals surface area contributed by atoms with E-state index in [9.17, 15) is 9.18 Å². The lowest BCUT2D eigenvalue weighted by Gasteiger charge is -2.09. The first-order valence-corrected chi connectivity index (χ1v) is 8.74. The number of nitrogens with zero attached hydrogens (tertiary/aromatic N) is 3. The Labute approximate surface area is 153 Å². The third-order valence-corrected chi connectivity index (χ3v) is 4.58. The number of carbonyl (C=O) groups is 1. The maximum atomic E-state index is 13.1. The van der Waals surface area contributed by atoms with Crippen molar-refractivity contribution < 1.29 is 9.18 Å². The molecule has 0 bridgehead atoms. The Morgan fingerprint density at radius 2 is 2.16 bits per heavy atom. The van der Waals surface area contributed by atoms with Crippen molar-refractivity contribution in [2.75, 3.05) is 11.1 Å².